The Hall–Kier alpha value is -2.55. The number of hydrogen-bond donors (Lipinski definition) is 1. The summed E-state index contributed by atoms with van der Waals surface area (Å²) in [6.45, 7) is 10.3. The predicted molar refractivity (Wildman–Crippen MR) is 126 cm³/mol. The average molecular weight is 453 g/mol. The zero-order valence-corrected chi connectivity index (χ0v) is 19.8. The minimum absolute atomic E-state index is 0.238. The van der Waals surface area contributed by atoms with Crippen molar-refractivity contribution < 1.29 is 28.3 Å². The van der Waals surface area contributed by atoms with Gasteiger partial charge in [-0.05, 0) is 50.9 Å². The Balaban J connectivity index is 1.25. The van der Waals surface area contributed by atoms with Gasteiger partial charge in [0.05, 0.1) is 36.4 Å². The Bertz CT molecular complexity index is 927. The SMILES string of the molecule is CC1(C)OB(c2ccc(OCC3(CNC(=O)OCc4ccccc4)COC3)cc2)OC1(C)C. The fourth-order valence-corrected chi connectivity index (χ4v) is 3.60. The van der Waals surface area contributed by atoms with Gasteiger partial charge < -0.3 is 28.8 Å². The van der Waals surface area contributed by atoms with Gasteiger partial charge in [-0.25, -0.2) is 4.79 Å². The van der Waals surface area contributed by atoms with Crippen LogP contribution in [0.1, 0.15) is 33.3 Å². The van der Waals surface area contributed by atoms with Gasteiger partial charge >= 0.3 is 13.2 Å². The van der Waals surface area contributed by atoms with E-state index in [2.05, 4.69) is 5.32 Å². The molecule has 1 amide bonds. The molecule has 0 saturated carbocycles. The van der Waals surface area contributed by atoms with E-state index in [0.717, 1.165) is 16.8 Å². The van der Waals surface area contributed by atoms with Gasteiger partial charge in [-0.15, -0.1) is 0 Å². The maximum absolute atomic E-state index is 12.1. The summed E-state index contributed by atoms with van der Waals surface area (Å²) in [6.07, 6.45) is -0.447. The van der Waals surface area contributed by atoms with Crippen LogP contribution in [0.2, 0.25) is 0 Å². The molecule has 2 heterocycles. The van der Waals surface area contributed by atoms with Crippen molar-refractivity contribution >= 4 is 18.7 Å². The van der Waals surface area contributed by atoms with Gasteiger partial charge in [0.25, 0.3) is 0 Å². The highest BCUT2D eigenvalue weighted by molar-refractivity contribution is 6.62. The first-order chi connectivity index (χ1) is 15.7. The molecule has 1 N–H and O–H groups in total. The van der Waals surface area contributed by atoms with Gasteiger partial charge in [-0.2, -0.15) is 0 Å². The maximum Gasteiger partial charge on any atom is 0.494 e. The fourth-order valence-electron chi connectivity index (χ4n) is 3.60. The van der Waals surface area contributed by atoms with Crippen LogP contribution < -0.4 is 15.5 Å². The van der Waals surface area contributed by atoms with Crippen LogP contribution in [-0.4, -0.2) is 50.8 Å². The van der Waals surface area contributed by atoms with E-state index in [1.54, 1.807) is 0 Å². The molecule has 4 rings (SSSR count). The van der Waals surface area contributed by atoms with Crippen molar-refractivity contribution in [2.45, 2.75) is 45.5 Å². The fraction of sp³-hybridized carbons (Fsp3) is 0.480. The number of carbonyl (C=O) groups excluding carboxylic acids is 1. The highest BCUT2D eigenvalue weighted by Gasteiger charge is 2.51. The van der Waals surface area contributed by atoms with Crippen LogP contribution in [0.5, 0.6) is 5.75 Å². The molecule has 0 atom stereocenters. The zero-order chi connectivity index (χ0) is 23.5. The first-order valence-corrected chi connectivity index (χ1v) is 11.3. The number of carbonyl (C=O) groups is 1. The summed E-state index contributed by atoms with van der Waals surface area (Å²) in [6, 6.07) is 17.3. The largest absolute Gasteiger partial charge is 0.494 e. The smallest absolute Gasteiger partial charge is 0.493 e. The second-order valence-corrected chi connectivity index (χ2v) is 9.85. The van der Waals surface area contributed by atoms with Crippen molar-refractivity contribution in [3.63, 3.8) is 0 Å². The van der Waals surface area contributed by atoms with Crippen LogP contribution in [0.25, 0.3) is 0 Å². The molecule has 0 radical (unpaired) electrons. The van der Waals surface area contributed by atoms with Crippen LogP contribution in [0.4, 0.5) is 4.79 Å². The second kappa shape index (κ2) is 9.37. The lowest BCUT2D eigenvalue weighted by Crippen LogP contribution is -2.54. The normalized spacial score (nSPS) is 20.1. The highest BCUT2D eigenvalue weighted by atomic mass is 16.7. The number of benzene rings is 2. The van der Waals surface area contributed by atoms with E-state index in [9.17, 15) is 4.79 Å². The molecule has 0 spiro atoms. The van der Waals surface area contributed by atoms with Gasteiger partial charge in [0.1, 0.15) is 12.4 Å². The van der Waals surface area contributed by atoms with E-state index >= 15 is 0 Å². The van der Waals surface area contributed by atoms with Gasteiger partial charge in [-0.1, -0.05) is 42.5 Å². The van der Waals surface area contributed by atoms with E-state index in [1.807, 2.05) is 82.3 Å². The summed E-state index contributed by atoms with van der Waals surface area (Å²) < 4.78 is 28.9. The molecular formula is C25H32BNO6. The van der Waals surface area contributed by atoms with Crippen molar-refractivity contribution in [2.24, 2.45) is 5.41 Å². The topological polar surface area (TPSA) is 75.3 Å². The molecule has 8 heteroatoms. The monoisotopic (exact) mass is 453 g/mol. The Kier molecular flexibility index (Phi) is 6.70. The number of amides is 1. The molecule has 33 heavy (non-hydrogen) atoms. The van der Waals surface area contributed by atoms with E-state index in [-0.39, 0.29) is 23.2 Å². The first kappa shape index (κ1) is 23.6. The highest BCUT2D eigenvalue weighted by Crippen LogP contribution is 2.36. The molecule has 2 aromatic carbocycles. The quantitative estimate of drug-likeness (QED) is 0.619. The first-order valence-electron chi connectivity index (χ1n) is 11.3. The summed E-state index contributed by atoms with van der Waals surface area (Å²) in [5.41, 5.74) is 0.875. The summed E-state index contributed by atoms with van der Waals surface area (Å²) in [7, 11) is -0.401. The minimum Gasteiger partial charge on any atom is -0.493 e. The summed E-state index contributed by atoms with van der Waals surface area (Å²) >= 11 is 0. The number of alkyl carbamates (subject to hydrolysis) is 1. The molecule has 7 nitrogen and oxygen atoms in total. The van der Waals surface area contributed by atoms with E-state index in [4.69, 9.17) is 23.5 Å². The molecule has 0 aromatic heterocycles. The molecule has 2 aliphatic heterocycles. The van der Waals surface area contributed by atoms with Crippen LogP contribution in [0.3, 0.4) is 0 Å². The Morgan fingerprint density at radius 3 is 2.18 bits per heavy atom. The molecule has 0 bridgehead atoms. The van der Waals surface area contributed by atoms with Gasteiger partial charge in [-0.3, -0.25) is 0 Å². The lowest BCUT2D eigenvalue weighted by molar-refractivity contribution is -0.128. The minimum atomic E-state index is -0.447. The predicted octanol–water partition coefficient (Wildman–Crippen LogP) is 3.31. The number of nitrogens with one attached hydrogen (secondary N) is 1. The second-order valence-electron chi connectivity index (χ2n) is 9.85. The maximum atomic E-state index is 12.1. The van der Waals surface area contributed by atoms with Gasteiger partial charge in [0.15, 0.2) is 0 Å². The third-order valence-electron chi connectivity index (χ3n) is 6.59. The zero-order valence-electron chi connectivity index (χ0n) is 19.8. The summed E-state index contributed by atoms with van der Waals surface area (Å²) in [5.74, 6) is 0.744. The Morgan fingerprint density at radius 2 is 1.61 bits per heavy atom. The van der Waals surface area contributed by atoms with Crippen LogP contribution in [-0.2, 0) is 25.4 Å². The number of rotatable bonds is 8. The van der Waals surface area contributed by atoms with E-state index in [0.29, 0.717) is 26.4 Å². The number of ether oxygens (including phenoxy) is 3. The standard InChI is InChI=1S/C25H32BNO6/c1-23(2)24(3,4)33-26(32-23)20-10-12-21(13-11-20)31-18-25(16-29-17-25)15-27-22(28)30-14-19-8-6-5-7-9-19/h5-13H,14-18H2,1-4H3,(H,27,28). The average Bonchev–Trinajstić information content (AvgIpc) is 2.99. The van der Waals surface area contributed by atoms with Crippen molar-refractivity contribution in [1.82, 2.24) is 5.32 Å². The van der Waals surface area contributed by atoms with Crippen molar-refractivity contribution in [3.8, 4) is 5.75 Å². The van der Waals surface area contributed by atoms with Crippen LogP contribution in [0, 0.1) is 5.41 Å². The third kappa shape index (κ3) is 5.51. The van der Waals surface area contributed by atoms with Crippen LogP contribution in [0.15, 0.2) is 54.6 Å². The van der Waals surface area contributed by atoms with Crippen molar-refractivity contribution in [2.75, 3.05) is 26.4 Å². The van der Waals surface area contributed by atoms with Gasteiger partial charge in [0.2, 0.25) is 0 Å². The lowest BCUT2D eigenvalue weighted by Gasteiger charge is -2.40. The molecule has 0 aliphatic carbocycles. The van der Waals surface area contributed by atoms with Crippen molar-refractivity contribution in [3.05, 3.63) is 60.2 Å². The summed E-state index contributed by atoms with van der Waals surface area (Å²) in [4.78, 5) is 12.1. The van der Waals surface area contributed by atoms with Gasteiger partial charge in [0, 0.05) is 6.54 Å². The third-order valence-corrected chi connectivity index (χ3v) is 6.59. The molecule has 2 fully saturated rings. The molecule has 0 unspecified atom stereocenters. The molecule has 176 valence electrons. The van der Waals surface area contributed by atoms with E-state index < -0.39 is 13.2 Å². The molecule has 2 saturated heterocycles. The van der Waals surface area contributed by atoms with Crippen molar-refractivity contribution in [1.29, 1.82) is 0 Å². The lowest BCUT2D eigenvalue weighted by atomic mass is 9.79. The Labute approximate surface area is 195 Å². The molecule has 2 aliphatic rings. The summed E-state index contributed by atoms with van der Waals surface area (Å²) in [5, 5.41) is 2.84. The van der Waals surface area contributed by atoms with Crippen LogP contribution >= 0.6 is 0 Å². The Morgan fingerprint density at radius 1 is 0.970 bits per heavy atom. The number of hydrogen-bond acceptors (Lipinski definition) is 6. The molecular weight excluding hydrogens is 421 g/mol. The molecule has 2 aromatic rings. The van der Waals surface area contributed by atoms with E-state index in [1.165, 1.54) is 0 Å².